The highest BCUT2D eigenvalue weighted by Crippen LogP contribution is 2.13. The molecular weight excluding hydrogens is 456 g/mol. The van der Waals surface area contributed by atoms with E-state index in [9.17, 15) is 19.2 Å². The number of nitrogens with one attached hydrogen (secondary N) is 4. The second-order valence-corrected chi connectivity index (χ2v) is 8.68. The third kappa shape index (κ3) is 10.7. The highest BCUT2D eigenvalue weighted by atomic mass is 16.2. The minimum Gasteiger partial charge on any atom is -0.352 e. The van der Waals surface area contributed by atoms with Crippen molar-refractivity contribution in [3.63, 3.8) is 0 Å². The summed E-state index contributed by atoms with van der Waals surface area (Å²) >= 11 is 0. The summed E-state index contributed by atoms with van der Waals surface area (Å²) in [5.74, 6) is -0.515. The van der Waals surface area contributed by atoms with Gasteiger partial charge < -0.3 is 21.3 Å². The van der Waals surface area contributed by atoms with Crippen molar-refractivity contribution in [2.24, 2.45) is 0 Å². The summed E-state index contributed by atoms with van der Waals surface area (Å²) in [6.07, 6.45) is 5.67. The molecule has 2 rings (SSSR count). The van der Waals surface area contributed by atoms with Gasteiger partial charge in [0.15, 0.2) is 0 Å². The number of carbonyl (C=O) groups is 4. The van der Waals surface area contributed by atoms with Gasteiger partial charge in [0, 0.05) is 48.4 Å². The van der Waals surface area contributed by atoms with Gasteiger partial charge in [0.05, 0.1) is 0 Å². The first kappa shape index (κ1) is 28.6. The highest BCUT2D eigenvalue weighted by Gasteiger charge is 2.09. The number of unbranched alkanes of at least 4 members (excludes halogenated alkanes) is 3. The van der Waals surface area contributed by atoms with Gasteiger partial charge in [0.25, 0.3) is 11.8 Å². The van der Waals surface area contributed by atoms with E-state index in [0.717, 1.165) is 25.7 Å². The van der Waals surface area contributed by atoms with Gasteiger partial charge in [-0.3, -0.25) is 19.2 Å². The van der Waals surface area contributed by atoms with E-state index in [0.29, 0.717) is 61.3 Å². The first-order valence-corrected chi connectivity index (χ1v) is 12.8. The Bertz CT molecular complexity index is 906. The number of amides is 4. The smallest absolute Gasteiger partial charge is 0.251 e. The van der Waals surface area contributed by atoms with Crippen molar-refractivity contribution in [3.05, 3.63) is 59.7 Å². The van der Waals surface area contributed by atoms with E-state index in [1.807, 2.05) is 0 Å². The lowest BCUT2D eigenvalue weighted by molar-refractivity contribution is -0.118. The summed E-state index contributed by atoms with van der Waals surface area (Å²) in [5, 5.41) is 11.3. The van der Waals surface area contributed by atoms with Crippen molar-refractivity contribution in [3.8, 4) is 0 Å². The Morgan fingerprint density at radius 2 is 0.917 bits per heavy atom. The molecule has 0 saturated heterocycles. The molecule has 0 atom stereocenters. The van der Waals surface area contributed by atoms with E-state index in [4.69, 9.17) is 0 Å². The van der Waals surface area contributed by atoms with Gasteiger partial charge in [-0.15, -0.1) is 0 Å². The van der Waals surface area contributed by atoms with Crippen LogP contribution in [0.4, 0.5) is 11.4 Å². The Balaban J connectivity index is 1.64. The molecule has 0 unspecified atom stereocenters. The number of anilines is 2. The summed E-state index contributed by atoms with van der Waals surface area (Å²) < 4.78 is 0. The molecule has 0 aliphatic rings. The normalized spacial score (nSPS) is 10.4. The van der Waals surface area contributed by atoms with Crippen molar-refractivity contribution >= 4 is 35.0 Å². The molecule has 0 aromatic heterocycles. The average Bonchev–Trinajstić information content (AvgIpc) is 2.87. The Hall–Kier alpha value is -3.68. The Labute approximate surface area is 213 Å². The molecule has 8 heteroatoms. The van der Waals surface area contributed by atoms with Gasteiger partial charge in [-0.2, -0.15) is 0 Å². The second kappa shape index (κ2) is 16.1. The predicted octanol–water partition coefficient (Wildman–Crippen LogP) is 4.88. The van der Waals surface area contributed by atoms with Crippen LogP contribution in [0.5, 0.6) is 0 Å². The van der Waals surface area contributed by atoms with Gasteiger partial charge in [-0.1, -0.05) is 26.7 Å². The van der Waals surface area contributed by atoms with Crippen LogP contribution in [0.2, 0.25) is 0 Å². The Morgan fingerprint density at radius 1 is 0.556 bits per heavy atom. The molecule has 4 amide bonds. The van der Waals surface area contributed by atoms with Crippen molar-refractivity contribution in [2.45, 2.75) is 65.2 Å². The third-order valence-electron chi connectivity index (χ3n) is 5.55. The fourth-order valence-electron chi connectivity index (χ4n) is 3.39. The summed E-state index contributed by atoms with van der Waals surface area (Å²) in [6.45, 7) is 5.43. The van der Waals surface area contributed by atoms with E-state index in [1.54, 1.807) is 48.5 Å². The van der Waals surface area contributed by atoms with Crippen LogP contribution in [0, 0.1) is 0 Å². The maximum absolute atomic E-state index is 12.2. The largest absolute Gasteiger partial charge is 0.352 e. The topological polar surface area (TPSA) is 116 Å². The monoisotopic (exact) mass is 494 g/mol. The number of carbonyl (C=O) groups excluding carboxylic acids is 4. The summed E-state index contributed by atoms with van der Waals surface area (Å²) in [5.41, 5.74) is 2.37. The van der Waals surface area contributed by atoms with Gasteiger partial charge in [0.2, 0.25) is 11.8 Å². The molecule has 0 radical (unpaired) electrons. The molecule has 4 N–H and O–H groups in total. The van der Waals surface area contributed by atoms with Crippen LogP contribution in [0.15, 0.2) is 48.5 Å². The van der Waals surface area contributed by atoms with E-state index in [-0.39, 0.29) is 23.6 Å². The van der Waals surface area contributed by atoms with Crippen LogP contribution in [-0.2, 0) is 9.59 Å². The molecule has 0 fully saturated rings. The molecule has 36 heavy (non-hydrogen) atoms. The maximum atomic E-state index is 12.2. The predicted molar refractivity (Wildman–Crippen MR) is 143 cm³/mol. The molecule has 2 aromatic carbocycles. The van der Waals surface area contributed by atoms with Gasteiger partial charge >= 0.3 is 0 Å². The molecule has 0 saturated carbocycles. The number of hydrogen-bond donors (Lipinski definition) is 4. The van der Waals surface area contributed by atoms with Crippen LogP contribution in [-0.4, -0.2) is 36.7 Å². The first-order valence-electron chi connectivity index (χ1n) is 12.8. The molecule has 8 nitrogen and oxygen atoms in total. The van der Waals surface area contributed by atoms with Crippen molar-refractivity contribution in [1.82, 2.24) is 10.6 Å². The van der Waals surface area contributed by atoms with Crippen molar-refractivity contribution < 1.29 is 19.2 Å². The Morgan fingerprint density at radius 3 is 1.25 bits per heavy atom. The van der Waals surface area contributed by atoms with Crippen LogP contribution >= 0.6 is 0 Å². The zero-order valence-electron chi connectivity index (χ0n) is 21.3. The van der Waals surface area contributed by atoms with Crippen molar-refractivity contribution in [2.75, 3.05) is 23.7 Å². The fourth-order valence-corrected chi connectivity index (χ4v) is 3.39. The lowest BCUT2D eigenvalue weighted by Gasteiger charge is -2.08. The van der Waals surface area contributed by atoms with E-state index < -0.39 is 0 Å². The lowest BCUT2D eigenvalue weighted by atomic mass is 10.1. The first-order chi connectivity index (χ1) is 17.4. The lowest BCUT2D eigenvalue weighted by Crippen LogP contribution is -2.24. The molecule has 0 spiro atoms. The quantitative estimate of drug-likeness (QED) is 0.264. The molecule has 194 valence electrons. The molecular formula is C28H38N4O4. The Kier molecular flexibility index (Phi) is 12.8. The standard InChI is InChI=1S/C28H38N4O4/c1-3-5-19-29-27(35)21-11-15-23(16-12-21)31-25(33)9-7-8-10-26(34)32-24-17-13-22(14-18-24)28(36)30-20-6-4-2/h11-18H,3-10,19-20H2,1-2H3,(H,29,35)(H,30,36)(H,31,33)(H,32,34). The number of benzene rings is 2. The maximum Gasteiger partial charge on any atom is 0.251 e. The fraction of sp³-hybridized carbons (Fsp3) is 0.429. The average molecular weight is 495 g/mol. The third-order valence-corrected chi connectivity index (χ3v) is 5.55. The van der Waals surface area contributed by atoms with E-state index in [1.165, 1.54) is 0 Å². The minimum absolute atomic E-state index is 0.122. The van der Waals surface area contributed by atoms with E-state index >= 15 is 0 Å². The van der Waals surface area contributed by atoms with Gasteiger partial charge in [-0.25, -0.2) is 0 Å². The number of hydrogen-bond acceptors (Lipinski definition) is 4. The SMILES string of the molecule is CCCCNC(=O)c1ccc(NC(=O)CCCCC(=O)Nc2ccc(C(=O)NCCCC)cc2)cc1. The van der Waals surface area contributed by atoms with Crippen LogP contribution in [0.1, 0.15) is 85.9 Å². The molecule has 0 aliphatic carbocycles. The zero-order chi connectivity index (χ0) is 26.2. The minimum atomic E-state index is -0.136. The second-order valence-electron chi connectivity index (χ2n) is 8.68. The van der Waals surface area contributed by atoms with E-state index in [2.05, 4.69) is 35.1 Å². The van der Waals surface area contributed by atoms with Crippen LogP contribution < -0.4 is 21.3 Å². The summed E-state index contributed by atoms with van der Waals surface area (Å²) in [4.78, 5) is 48.4. The van der Waals surface area contributed by atoms with Gasteiger partial charge in [-0.05, 0) is 74.2 Å². The van der Waals surface area contributed by atoms with Crippen molar-refractivity contribution in [1.29, 1.82) is 0 Å². The zero-order valence-corrected chi connectivity index (χ0v) is 21.3. The highest BCUT2D eigenvalue weighted by molar-refractivity contribution is 5.96. The van der Waals surface area contributed by atoms with Crippen LogP contribution in [0.25, 0.3) is 0 Å². The summed E-state index contributed by atoms with van der Waals surface area (Å²) in [7, 11) is 0. The van der Waals surface area contributed by atoms with Gasteiger partial charge in [0.1, 0.15) is 0 Å². The number of rotatable bonds is 15. The molecule has 0 bridgehead atoms. The molecule has 2 aromatic rings. The van der Waals surface area contributed by atoms with Crippen LogP contribution in [0.3, 0.4) is 0 Å². The summed E-state index contributed by atoms with van der Waals surface area (Å²) in [6, 6.07) is 13.6. The molecule has 0 aliphatic heterocycles. The molecule has 0 heterocycles.